The van der Waals surface area contributed by atoms with Gasteiger partial charge in [0.25, 0.3) is 0 Å². The van der Waals surface area contributed by atoms with E-state index in [9.17, 15) is 9.00 Å². The molecule has 0 radical (unpaired) electrons. The van der Waals surface area contributed by atoms with E-state index in [0.717, 1.165) is 0 Å². The van der Waals surface area contributed by atoms with E-state index in [0.29, 0.717) is 0 Å². The Kier molecular flexibility index (Phi) is 3.70. The summed E-state index contributed by atoms with van der Waals surface area (Å²) in [5, 5.41) is 0. The van der Waals surface area contributed by atoms with Crippen molar-refractivity contribution in [2.75, 3.05) is 13.7 Å². The third-order valence-electron chi connectivity index (χ3n) is 0.660. The predicted molar refractivity (Wildman–Crippen MR) is 41.1 cm³/mol. The second-order valence-electron chi connectivity index (χ2n) is 1.49. The summed E-state index contributed by atoms with van der Waals surface area (Å²) < 4.78 is 17.0. The molecule has 6 heteroatoms. The van der Waals surface area contributed by atoms with Crippen LogP contribution in [-0.2, 0) is 18.5 Å². The van der Waals surface area contributed by atoms with Crippen LogP contribution in [-0.4, -0.2) is 29.7 Å². The Bertz CT molecular complexity index is 211. The lowest BCUT2D eigenvalue weighted by Crippen LogP contribution is -2.26. The molecule has 0 saturated carbocycles. The molecule has 1 N–H and O–H groups in total. The summed E-state index contributed by atoms with van der Waals surface area (Å²) in [6.07, 6.45) is 0. The number of carbonyl (C=O) groups excluding carboxylic acids is 1. The fourth-order valence-electron chi connectivity index (χ4n) is 0.239. The zero-order chi connectivity index (χ0) is 8.20. The highest BCUT2D eigenvalue weighted by molar-refractivity contribution is 8.19. The van der Waals surface area contributed by atoms with Gasteiger partial charge in [0, 0.05) is 0 Å². The Hall–Kier alpha value is -0.260. The molecule has 0 aromatic heterocycles. The van der Waals surface area contributed by atoms with Gasteiger partial charge >= 0.3 is 5.97 Å². The third-order valence-corrected chi connectivity index (χ3v) is 1.56. The predicted octanol–water partition coefficient (Wildman–Crippen LogP) is -0.466. The minimum absolute atomic E-state index is 0.192. The van der Waals surface area contributed by atoms with Crippen molar-refractivity contribution < 1.29 is 13.7 Å². The zero-order valence-electron chi connectivity index (χ0n) is 5.43. The van der Waals surface area contributed by atoms with Crippen molar-refractivity contribution in [3.05, 3.63) is 0 Å². The number of ether oxygens (including phenoxy) is 1. The summed E-state index contributed by atoms with van der Waals surface area (Å²) in [5.41, 5.74) is 0. The van der Waals surface area contributed by atoms with Crippen LogP contribution in [0.3, 0.4) is 0 Å². The van der Waals surface area contributed by atoms with Crippen molar-refractivity contribution in [2.24, 2.45) is 0 Å². The zero-order valence-corrected chi connectivity index (χ0v) is 7.00. The maximum absolute atomic E-state index is 10.5. The molecule has 0 amide bonds. The van der Waals surface area contributed by atoms with Crippen molar-refractivity contribution in [1.82, 2.24) is 4.72 Å². The molecule has 0 aliphatic rings. The normalized spacial score (nSPS) is 15.8. The monoisotopic (exact) mass is 185 g/mol. The summed E-state index contributed by atoms with van der Waals surface area (Å²) in [6, 6.07) is 0. The SMILES string of the molecule is C=S(=O)(Cl)NCC(=O)OC. The highest BCUT2D eigenvalue weighted by Gasteiger charge is 2.01. The third kappa shape index (κ3) is 5.87. The second kappa shape index (κ2) is 3.80. The Labute approximate surface area is 64.1 Å². The summed E-state index contributed by atoms with van der Waals surface area (Å²) in [6.45, 7) is -0.192. The van der Waals surface area contributed by atoms with Crippen LogP contribution in [0.25, 0.3) is 0 Å². The molecule has 0 heterocycles. The number of esters is 1. The molecular formula is C4H8ClNO3S. The van der Waals surface area contributed by atoms with E-state index in [1.807, 2.05) is 0 Å². The largest absolute Gasteiger partial charge is 0.468 e. The van der Waals surface area contributed by atoms with Gasteiger partial charge in [0.15, 0.2) is 0 Å². The molecule has 10 heavy (non-hydrogen) atoms. The smallest absolute Gasteiger partial charge is 0.320 e. The highest BCUT2D eigenvalue weighted by Crippen LogP contribution is 1.87. The lowest BCUT2D eigenvalue weighted by molar-refractivity contribution is -0.139. The van der Waals surface area contributed by atoms with Crippen molar-refractivity contribution in [2.45, 2.75) is 0 Å². The highest BCUT2D eigenvalue weighted by atomic mass is 35.7. The van der Waals surface area contributed by atoms with E-state index in [1.54, 1.807) is 0 Å². The molecule has 4 nitrogen and oxygen atoms in total. The Balaban J connectivity index is 3.67. The first-order valence-electron chi connectivity index (χ1n) is 2.34. The van der Waals surface area contributed by atoms with Crippen LogP contribution in [0, 0.1) is 0 Å². The van der Waals surface area contributed by atoms with Crippen LogP contribution in [0.1, 0.15) is 0 Å². The molecule has 0 bridgehead atoms. The maximum atomic E-state index is 10.5. The molecule has 0 aromatic rings. The molecule has 0 rings (SSSR count). The van der Waals surface area contributed by atoms with Crippen molar-refractivity contribution >= 4 is 31.4 Å². The van der Waals surface area contributed by atoms with Crippen molar-refractivity contribution in [3.63, 3.8) is 0 Å². The second-order valence-corrected chi connectivity index (χ2v) is 4.47. The van der Waals surface area contributed by atoms with E-state index < -0.39 is 14.9 Å². The molecule has 60 valence electrons. The van der Waals surface area contributed by atoms with Crippen LogP contribution >= 0.6 is 10.7 Å². The van der Waals surface area contributed by atoms with E-state index in [4.69, 9.17) is 10.7 Å². The summed E-state index contributed by atoms with van der Waals surface area (Å²) in [4.78, 5) is 10.4. The number of methoxy groups -OCH3 is 1. The Morgan fingerprint density at radius 1 is 1.90 bits per heavy atom. The topological polar surface area (TPSA) is 55.4 Å². The number of carbonyl (C=O) groups is 1. The van der Waals surface area contributed by atoms with Gasteiger partial charge in [-0.25, -0.2) is 8.93 Å². The molecule has 0 fully saturated rings. The molecule has 0 spiro atoms. The maximum Gasteiger partial charge on any atom is 0.320 e. The van der Waals surface area contributed by atoms with Gasteiger partial charge in [-0.1, -0.05) is 0 Å². The van der Waals surface area contributed by atoms with Crippen LogP contribution in [0.5, 0.6) is 0 Å². The average molecular weight is 186 g/mol. The fourth-order valence-corrected chi connectivity index (χ4v) is 0.736. The first-order valence-corrected chi connectivity index (χ1v) is 4.89. The van der Waals surface area contributed by atoms with Gasteiger partial charge in [0.1, 0.15) is 15.5 Å². The lowest BCUT2D eigenvalue weighted by atomic mass is 10.7. The number of rotatable bonds is 3. The van der Waals surface area contributed by atoms with E-state index in [1.165, 1.54) is 7.11 Å². The van der Waals surface area contributed by atoms with Gasteiger partial charge in [0.05, 0.1) is 7.11 Å². The minimum atomic E-state index is -2.81. The van der Waals surface area contributed by atoms with E-state index in [-0.39, 0.29) is 6.54 Å². The first kappa shape index (κ1) is 9.74. The first-order chi connectivity index (χ1) is 4.45. The van der Waals surface area contributed by atoms with E-state index in [2.05, 4.69) is 15.3 Å². The summed E-state index contributed by atoms with van der Waals surface area (Å²) in [7, 11) is 3.55. The van der Waals surface area contributed by atoms with Crippen LogP contribution in [0.15, 0.2) is 0 Å². The average Bonchev–Trinajstić information content (AvgIpc) is 1.81. The van der Waals surface area contributed by atoms with Gasteiger partial charge in [-0.05, 0) is 16.6 Å². The van der Waals surface area contributed by atoms with Gasteiger partial charge in [-0.15, -0.1) is 0 Å². The fraction of sp³-hybridized carbons (Fsp3) is 0.500. The van der Waals surface area contributed by atoms with Crippen LogP contribution < -0.4 is 4.72 Å². The summed E-state index contributed by atoms with van der Waals surface area (Å²) >= 11 is 0. The van der Waals surface area contributed by atoms with Gasteiger partial charge in [0.2, 0.25) is 0 Å². The molecule has 1 atom stereocenters. The molecule has 0 aliphatic heterocycles. The molecular weight excluding hydrogens is 178 g/mol. The summed E-state index contributed by atoms with van der Waals surface area (Å²) in [5.74, 6) is 2.52. The standard InChI is InChI=1S/C4H8ClNO3S/c1-9-4(7)3-6-10(2,5)8/h2-3H2,1H3,(H,6,8). The molecule has 0 aliphatic carbocycles. The van der Waals surface area contributed by atoms with E-state index >= 15 is 0 Å². The number of halogens is 1. The van der Waals surface area contributed by atoms with Gasteiger partial charge in [-0.3, -0.25) is 4.79 Å². The quantitative estimate of drug-likeness (QED) is 0.368. The van der Waals surface area contributed by atoms with Crippen molar-refractivity contribution in [1.29, 1.82) is 0 Å². The van der Waals surface area contributed by atoms with Crippen LogP contribution in [0.4, 0.5) is 0 Å². The number of hydrogen-bond acceptors (Lipinski definition) is 3. The molecule has 1 unspecified atom stereocenters. The van der Waals surface area contributed by atoms with Crippen molar-refractivity contribution in [3.8, 4) is 0 Å². The Morgan fingerprint density at radius 2 is 2.40 bits per heavy atom. The van der Waals surface area contributed by atoms with Gasteiger partial charge < -0.3 is 4.74 Å². The number of hydrogen-bond donors (Lipinski definition) is 1. The molecule has 0 saturated heterocycles. The Morgan fingerprint density at radius 3 is 2.70 bits per heavy atom. The molecule has 0 aromatic carbocycles. The number of nitrogens with one attached hydrogen (secondary N) is 1. The lowest BCUT2D eigenvalue weighted by Gasteiger charge is -2.00. The minimum Gasteiger partial charge on any atom is -0.468 e. The van der Waals surface area contributed by atoms with Crippen LogP contribution in [0.2, 0.25) is 0 Å². The van der Waals surface area contributed by atoms with Gasteiger partial charge in [-0.2, -0.15) is 0 Å².